The van der Waals surface area contributed by atoms with Gasteiger partial charge in [-0.3, -0.25) is 15.1 Å². The van der Waals surface area contributed by atoms with Gasteiger partial charge in [0.05, 0.1) is 17.7 Å². The molecule has 28 heavy (non-hydrogen) atoms. The first-order valence-corrected chi connectivity index (χ1v) is 8.88. The maximum absolute atomic E-state index is 11.0. The van der Waals surface area contributed by atoms with Gasteiger partial charge in [0.15, 0.2) is 0 Å². The summed E-state index contributed by atoms with van der Waals surface area (Å²) in [6, 6.07) is 17.0. The lowest BCUT2D eigenvalue weighted by Gasteiger charge is -2.07. The number of aromatic hydroxyl groups is 1. The van der Waals surface area contributed by atoms with Gasteiger partial charge in [0.2, 0.25) is 5.75 Å². The largest absolute Gasteiger partial charge is 0.502 e. The van der Waals surface area contributed by atoms with E-state index in [1.807, 2.05) is 18.2 Å². The lowest BCUT2D eigenvalue weighted by molar-refractivity contribution is -0.385. The number of phenols is 1. The Morgan fingerprint density at radius 1 is 1.07 bits per heavy atom. The van der Waals surface area contributed by atoms with E-state index >= 15 is 0 Å². The fourth-order valence-electron chi connectivity index (χ4n) is 2.39. The van der Waals surface area contributed by atoms with Gasteiger partial charge in [-0.15, -0.1) is 0 Å². The number of ether oxygens (including phenoxy) is 2. The fraction of sp³-hybridized carbons (Fsp3) is 0.0500. The summed E-state index contributed by atoms with van der Waals surface area (Å²) in [7, 11) is 1.59. The van der Waals surface area contributed by atoms with Crippen molar-refractivity contribution in [3.63, 3.8) is 0 Å². The fourth-order valence-corrected chi connectivity index (χ4v) is 2.85. The number of nitro groups is 1. The summed E-state index contributed by atoms with van der Waals surface area (Å²) in [5, 5.41) is 21.0. The van der Waals surface area contributed by atoms with Gasteiger partial charge < -0.3 is 14.6 Å². The van der Waals surface area contributed by atoms with Gasteiger partial charge >= 0.3 is 5.69 Å². The Kier molecular flexibility index (Phi) is 5.90. The lowest BCUT2D eigenvalue weighted by Crippen LogP contribution is -1.92. The summed E-state index contributed by atoms with van der Waals surface area (Å²) in [4.78, 5) is 14.6. The summed E-state index contributed by atoms with van der Waals surface area (Å²) >= 11 is 3.19. The van der Waals surface area contributed by atoms with Gasteiger partial charge in [-0.05, 0) is 42.5 Å². The van der Waals surface area contributed by atoms with Crippen LogP contribution in [0.2, 0.25) is 0 Å². The maximum atomic E-state index is 11.0. The van der Waals surface area contributed by atoms with Crippen molar-refractivity contribution in [1.82, 2.24) is 0 Å². The molecule has 3 aromatic rings. The maximum Gasteiger partial charge on any atom is 0.312 e. The summed E-state index contributed by atoms with van der Waals surface area (Å²) in [5.41, 5.74) is 0.440. The number of nitrogens with zero attached hydrogens (tertiary/aromatic N) is 2. The molecule has 0 saturated heterocycles. The number of aliphatic imine (C=N–C) groups is 1. The normalized spacial score (nSPS) is 10.8. The predicted molar refractivity (Wildman–Crippen MR) is 109 cm³/mol. The Labute approximate surface area is 169 Å². The first-order chi connectivity index (χ1) is 13.5. The van der Waals surface area contributed by atoms with Crippen molar-refractivity contribution in [1.29, 1.82) is 0 Å². The van der Waals surface area contributed by atoms with Gasteiger partial charge in [-0.1, -0.05) is 22.0 Å². The molecule has 0 atom stereocenters. The minimum Gasteiger partial charge on any atom is -0.502 e. The Morgan fingerprint density at radius 2 is 1.79 bits per heavy atom. The lowest BCUT2D eigenvalue weighted by atomic mass is 10.2. The second kappa shape index (κ2) is 8.53. The van der Waals surface area contributed by atoms with Gasteiger partial charge in [-0.25, -0.2) is 0 Å². The van der Waals surface area contributed by atoms with E-state index in [0.29, 0.717) is 27.4 Å². The van der Waals surface area contributed by atoms with E-state index in [1.165, 1.54) is 12.3 Å². The number of rotatable bonds is 6. The van der Waals surface area contributed by atoms with E-state index < -0.39 is 16.4 Å². The van der Waals surface area contributed by atoms with Crippen molar-refractivity contribution in [2.24, 2.45) is 4.99 Å². The smallest absolute Gasteiger partial charge is 0.312 e. The van der Waals surface area contributed by atoms with Crippen molar-refractivity contribution >= 4 is 33.5 Å². The standard InChI is InChI=1S/C20H15BrN2O5/c1-27-17-3-2-4-18(11-17)28-16-7-5-15(6-8-16)22-12-13-9-14(21)10-19(20(13)24)23(25)26/h2-12,24H,1H3. The third kappa shape index (κ3) is 4.66. The second-order valence-electron chi connectivity index (χ2n) is 5.65. The zero-order valence-corrected chi connectivity index (χ0v) is 16.3. The van der Waals surface area contributed by atoms with Gasteiger partial charge in [0.1, 0.15) is 17.2 Å². The van der Waals surface area contributed by atoms with E-state index in [0.717, 1.165) is 0 Å². The quantitative estimate of drug-likeness (QED) is 0.304. The molecule has 0 unspecified atom stereocenters. The van der Waals surface area contributed by atoms with Crippen LogP contribution in [0.5, 0.6) is 23.0 Å². The molecule has 7 nitrogen and oxygen atoms in total. The molecular formula is C20H15BrN2O5. The number of phenolic OH excluding ortho intramolecular Hbond substituents is 1. The first kappa shape index (κ1) is 19.4. The Morgan fingerprint density at radius 3 is 2.46 bits per heavy atom. The van der Waals surface area contributed by atoms with Crippen molar-refractivity contribution in [3.05, 3.63) is 80.8 Å². The molecule has 0 amide bonds. The molecule has 0 spiro atoms. The highest BCUT2D eigenvalue weighted by Gasteiger charge is 2.17. The van der Waals surface area contributed by atoms with Crippen LogP contribution >= 0.6 is 15.9 Å². The molecule has 0 aliphatic rings. The minimum atomic E-state index is -0.651. The highest BCUT2D eigenvalue weighted by Crippen LogP contribution is 2.33. The Balaban J connectivity index is 1.76. The van der Waals surface area contributed by atoms with Crippen molar-refractivity contribution < 1.29 is 19.5 Å². The van der Waals surface area contributed by atoms with E-state index in [-0.39, 0.29) is 5.56 Å². The summed E-state index contributed by atoms with van der Waals surface area (Å²) in [6.45, 7) is 0. The molecule has 142 valence electrons. The molecule has 0 heterocycles. The van der Waals surface area contributed by atoms with E-state index in [2.05, 4.69) is 20.9 Å². The number of hydrogen-bond donors (Lipinski definition) is 1. The highest BCUT2D eigenvalue weighted by molar-refractivity contribution is 9.10. The molecule has 0 radical (unpaired) electrons. The topological polar surface area (TPSA) is 94.2 Å². The van der Waals surface area contributed by atoms with Crippen LogP contribution in [0.1, 0.15) is 5.56 Å². The SMILES string of the molecule is COc1cccc(Oc2ccc(N=Cc3cc(Br)cc([N+](=O)[O-])c3O)cc2)c1. The molecule has 3 rings (SSSR count). The van der Waals surface area contributed by atoms with Gasteiger partial charge in [0.25, 0.3) is 0 Å². The van der Waals surface area contributed by atoms with Crippen LogP contribution in [0.4, 0.5) is 11.4 Å². The second-order valence-corrected chi connectivity index (χ2v) is 6.57. The van der Waals surface area contributed by atoms with Crippen molar-refractivity contribution in [2.75, 3.05) is 7.11 Å². The summed E-state index contributed by atoms with van der Waals surface area (Å²) in [5.74, 6) is 1.52. The molecule has 0 fully saturated rings. The molecule has 3 aromatic carbocycles. The summed E-state index contributed by atoms with van der Waals surface area (Å²) < 4.78 is 11.4. The highest BCUT2D eigenvalue weighted by atomic mass is 79.9. The number of halogens is 1. The predicted octanol–water partition coefficient (Wildman–Crippen LogP) is 5.61. The van der Waals surface area contributed by atoms with Crippen LogP contribution in [0.25, 0.3) is 0 Å². The zero-order chi connectivity index (χ0) is 20.1. The Hall–Kier alpha value is -3.39. The van der Waals surface area contributed by atoms with Crippen molar-refractivity contribution in [2.45, 2.75) is 0 Å². The average molecular weight is 443 g/mol. The van der Waals surface area contributed by atoms with Crippen LogP contribution in [-0.2, 0) is 0 Å². The van der Waals surface area contributed by atoms with Crippen LogP contribution in [0, 0.1) is 10.1 Å². The Bertz CT molecular complexity index is 1040. The molecule has 0 saturated carbocycles. The molecule has 0 aromatic heterocycles. The van der Waals surface area contributed by atoms with Crippen molar-refractivity contribution in [3.8, 4) is 23.0 Å². The minimum absolute atomic E-state index is 0.234. The van der Waals surface area contributed by atoms with E-state index in [4.69, 9.17) is 9.47 Å². The molecule has 8 heteroatoms. The van der Waals surface area contributed by atoms with E-state index in [1.54, 1.807) is 43.5 Å². The average Bonchev–Trinajstić information content (AvgIpc) is 2.69. The molecule has 0 aliphatic carbocycles. The third-order valence-electron chi connectivity index (χ3n) is 3.75. The van der Waals surface area contributed by atoms with Crippen LogP contribution in [0.3, 0.4) is 0 Å². The zero-order valence-electron chi connectivity index (χ0n) is 14.7. The number of nitro benzene ring substituents is 1. The summed E-state index contributed by atoms with van der Waals surface area (Å²) in [6.07, 6.45) is 1.37. The first-order valence-electron chi connectivity index (χ1n) is 8.09. The molecule has 0 bridgehead atoms. The number of hydrogen-bond acceptors (Lipinski definition) is 6. The van der Waals surface area contributed by atoms with Gasteiger partial charge in [0, 0.05) is 28.4 Å². The molecule has 0 aliphatic heterocycles. The number of benzene rings is 3. The number of methoxy groups -OCH3 is 1. The molecule has 1 N–H and O–H groups in total. The monoisotopic (exact) mass is 442 g/mol. The molecular weight excluding hydrogens is 428 g/mol. The van der Waals surface area contributed by atoms with Crippen LogP contribution < -0.4 is 9.47 Å². The van der Waals surface area contributed by atoms with Crippen LogP contribution in [0.15, 0.2) is 70.1 Å². The van der Waals surface area contributed by atoms with Crippen LogP contribution in [-0.4, -0.2) is 23.4 Å². The van der Waals surface area contributed by atoms with E-state index in [9.17, 15) is 15.2 Å². The third-order valence-corrected chi connectivity index (χ3v) is 4.20. The van der Waals surface area contributed by atoms with Gasteiger partial charge in [-0.2, -0.15) is 0 Å².